The molecule has 2 nitrogen and oxygen atoms in total. The standard InChI is InChI=1S/C16H14BrClN2S/c17-12-6-7-14(18)15(9-12)20-16-19-13(10-21-16)8-11-4-2-1-3-5-11/h1-7,9,13H,8,10H2,(H,19,20). The summed E-state index contributed by atoms with van der Waals surface area (Å²) in [5.41, 5.74) is 2.21. The van der Waals surface area contributed by atoms with Crippen LogP contribution in [0.5, 0.6) is 0 Å². The minimum absolute atomic E-state index is 0.325. The monoisotopic (exact) mass is 380 g/mol. The molecule has 0 saturated carbocycles. The highest BCUT2D eigenvalue weighted by molar-refractivity contribution is 9.10. The molecule has 2 aromatic rings. The van der Waals surface area contributed by atoms with Gasteiger partial charge in [-0.25, -0.2) is 0 Å². The Morgan fingerprint density at radius 1 is 1.24 bits per heavy atom. The summed E-state index contributed by atoms with van der Waals surface area (Å²) in [6.07, 6.45) is 0.977. The van der Waals surface area contributed by atoms with Gasteiger partial charge in [0.15, 0.2) is 5.17 Å². The quantitative estimate of drug-likeness (QED) is 0.787. The summed E-state index contributed by atoms with van der Waals surface area (Å²) in [5, 5.41) is 4.96. The number of anilines is 1. The van der Waals surface area contributed by atoms with Crippen LogP contribution < -0.4 is 5.32 Å². The van der Waals surface area contributed by atoms with Crippen LogP contribution in [0.1, 0.15) is 5.56 Å². The van der Waals surface area contributed by atoms with Gasteiger partial charge >= 0.3 is 0 Å². The van der Waals surface area contributed by atoms with Gasteiger partial charge in [-0.2, -0.15) is 0 Å². The molecule has 0 aromatic heterocycles. The number of hydrogen-bond donors (Lipinski definition) is 1. The molecule has 0 bridgehead atoms. The third-order valence-electron chi connectivity index (χ3n) is 3.20. The molecule has 21 heavy (non-hydrogen) atoms. The highest BCUT2D eigenvalue weighted by Crippen LogP contribution is 2.29. The molecule has 1 atom stereocenters. The number of rotatable bonds is 3. The molecule has 0 aliphatic carbocycles. The Morgan fingerprint density at radius 3 is 2.86 bits per heavy atom. The van der Waals surface area contributed by atoms with Crippen molar-refractivity contribution in [1.29, 1.82) is 0 Å². The lowest BCUT2D eigenvalue weighted by Crippen LogP contribution is -2.08. The van der Waals surface area contributed by atoms with Gasteiger partial charge in [-0.3, -0.25) is 4.99 Å². The van der Waals surface area contributed by atoms with Crippen molar-refractivity contribution in [1.82, 2.24) is 0 Å². The molecule has 0 saturated heterocycles. The summed E-state index contributed by atoms with van der Waals surface area (Å²) >= 11 is 11.4. The van der Waals surface area contributed by atoms with Crippen LogP contribution in [0.15, 0.2) is 58.0 Å². The summed E-state index contributed by atoms with van der Waals surface area (Å²) < 4.78 is 0.999. The molecule has 0 radical (unpaired) electrons. The Kier molecular flexibility index (Phi) is 4.88. The molecule has 0 fully saturated rings. The Labute approximate surface area is 142 Å². The summed E-state index contributed by atoms with van der Waals surface area (Å²) in [5.74, 6) is 1.00. The lowest BCUT2D eigenvalue weighted by Gasteiger charge is -2.07. The molecule has 1 aliphatic heterocycles. The van der Waals surface area contributed by atoms with E-state index in [1.165, 1.54) is 5.56 Å². The van der Waals surface area contributed by atoms with Crippen molar-refractivity contribution in [2.45, 2.75) is 12.5 Å². The number of aliphatic imine (C=N–C) groups is 1. The van der Waals surface area contributed by atoms with Crippen LogP contribution in [0.4, 0.5) is 5.69 Å². The molecule has 1 aliphatic rings. The average molecular weight is 382 g/mol. The summed E-state index contributed by atoms with van der Waals surface area (Å²) in [7, 11) is 0. The van der Waals surface area contributed by atoms with E-state index in [9.17, 15) is 0 Å². The van der Waals surface area contributed by atoms with Gasteiger partial charge in [-0.05, 0) is 30.2 Å². The third kappa shape index (κ3) is 4.02. The topological polar surface area (TPSA) is 24.4 Å². The number of nitrogens with zero attached hydrogens (tertiary/aromatic N) is 1. The van der Waals surface area contributed by atoms with Crippen LogP contribution in [0.2, 0.25) is 5.02 Å². The van der Waals surface area contributed by atoms with Crippen LogP contribution in [0.3, 0.4) is 0 Å². The molecular formula is C16H14BrClN2S. The zero-order valence-corrected chi connectivity index (χ0v) is 14.4. The largest absolute Gasteiger partial charge is 0.334 e. The molecule has 1 N–H and O–H groups in total. The Balaban J connectivity index is 1.67. The summed E-state index contributed by atoms with van der Waals surface area (Å²) in [4.78, 5) is 4.74. The van der Waals surface area contributed by atoms with E-state index in [4.69, 9.17) is 16.6 Å². The van der Waals surface area contributed by atoms with E-state index in [0.717, 1.165) is 27.5 Å². The van der Waals surface area contributed by atoms with E-state index < -0.39 is 0 Å². The normalized spacial score (nSPS) is 17.6. The van der Waals surface area contributed by atoms with Gasteiger partial charge in [0.2, 0.25) is 0 Å². The molecule has 108 valence electrons. The lowest BCUT2D eigenvalue weighted by molar-refractivity contribution is 0.762. The second-order valence-electron chi connectivity index (χ2n) is 4.84. The minimum atomic E-state index is 0.325. The number of amidine groups is 1. The van der Waals surface area contributed by atoms with Crippen LogP contribution in [-0.4, -0.2) is 17.0 Å². The van der Waals surface area contributed by atoms with Gasteiger partial charge in [-0.1, -0.05) is 69.6 Å². The highest BCUT2D eigenvalue weighted by atomic mass is 79.9. The summed E-state index contributed by atoms with van der Waals surface area (Å²) in [6, 6.07) is 16.6. The Morgan fingerprint density at radius 2 is 2.05 bits per heavy atom. The van der Waals surface area contributed by atoms with Crippen molar-refractivity contribution < 1.29 is 0 Å². The number of hydrogen-bond acceptors (Lipinski definition) is 3. The first-order valence-electron chi connectivity index (χ1n) is 6.67. The van der Waals surface area contributed by atoms with Crippen molar-refractivity contribution in [3.63, 3.8) is 0 Å². The highest BCUT2D eigenvalue weighted by Gasteiger charge is 2.19. The van der Waals surface area contributed by atoms with E-state index >= 15 is 0 Å². The number of benzene rings is 2. The van der Waals surface area contributed by atoms with Crippen molar-refractivity contribution in [3.05, 3.63) is 63.6 Å². The number of halogens is 2. The molecule has 2 aromatic carbocycles. The van der Waals surface area contributed by atoms with Crippen molar-refractivity contribution in [3.8, 4) is 0 Å². The second kappa shape index (κ2) is 6.86. The third-order valence-corrected chi connectivity index (χ3v) is 5.05. The van der Waals surface area contributed by atoms with Crippen LogP contribution >= 0.6 is 39.3 Å². The predicted molar refractivity (Wildman–Crippen MR) is 96.6 cm³/mol. The molecule has 0 spiro atoms. The second-order valence-corrected chi connectivity index (χ2v) is 7.17. The Hall–Kier alpha value is -0.970. The zero-order valence-electron chi connectivity index (χ0n) is 11.2. The SMILES string of the molecule is Clc1ccc(Br)cc1NC1=NC(Cc2ccccc2)CS1. The lowest BCUT2D eigenvalue weighted by atomic mass is 10.1. The van der Waals surface area contributed by atoms with Crippen LogP contribution in [0.25, 0.3) is 0 Å². The van der Waals surface area contributed by atoms with Gasteiger partial charge in [0.05, 0.1) is 16.8 Å². The van der Waals surface area contributed by atoms with Gasteiger partial charge < -0.3 is 5.32 Å². The van der Waals surface area contributed by atoms with Gasteiger partial charge in [-0.15, -0.1) is 0 Å². The maximum atomic E-state index is 6.19. The smallest absolute Gasteiger partial charge is 0.161 e. The van der Waals surface area contributed by atoms with E-state index in [2.05, 4.69) is 45.5 Å². The van der Waals surface area contributed by atoms with Crippen molar-refractivity contribution in [2.24, 2.45) is 4.99 Å². The zero-order chi connectivity index (χ0) is 14.7. The fraction of sp³-hybridized carbons (Fsp3) is 0.188. The first-order valence-corrected chi connectivity index (χ1v) is 8.83. The van der Waals surface area contributed by atoms with Gasteiger partial charge in [0.25, 0.3) is 0 Å². The number of nitrogens with one attached hydrogen (secondary N) is 1. The van der Waals surface area contributed by atoms with E-state index in [1.807, 2.05) is 24.3 Å². The van der Waals surface area contributed by atoms with Crippen LogP contribution in [-0.2, 0) is 6.42 Å². The van der Waals surface area contributed by atoms with Crippen molar-refractivity contribution in [2.75, 3.05) is 11.1 Å². The number of thioether (sulfide) groups is 1. The first kappa shape index (κ1) is 14.9. The molecule has 0 amide bonds. The fourth-order valence-electron chi connectivity index (χ4n) is 2.18. The maximum absolute atomic E-state index is 6.19. The van der Waals surface area contributed by atoms with E-state index in [1.54, 1.807) is 11.8 Å². The van der Waals surface area contributed by atoms with E-state index in [-0.39, 0.29) is 0 Å². The average Bonchev–Trinajstić information content (AvgIpc) is 2.91. The summed E-state index contributed by atoms with van der Waals surface area (Å²) in [6.45, 7) is 0. The molecule has 1 heterocycles. The fourth-order valence-corrected chi connectivity index (χ4v) is 3.66. The minimum Gasteiger partial charge on any atom is -0.334 e. The molecular weight excluding hydrogens is 368 g/mol. The Bertz CT molecular complexity index is 661. The predicted octanol–water partition coefficient (Wildman–Crippen LogP) is 5.23. The van der Waals surface area contributed by atoms with Gasteiger partial charge in [0.1, 0.15) is 0 Å². The molecule has 3 rings (SSSR count). The van der Waals surface area contributed by atoms with Crippen molar-refractivity contribution >= 4 is 50.1 Å². The van der Waals surface area contributed by atoms with Crippen LogP contribution in [0, 0.1) is 0 Å². The maximum Gasteiger partial charge on any atom is 0.161 e. The molecule has 5 heteroatoms. The van der Waals surface area contributed by atoms with Gasteiger partial charge in [0, 0.05) is 10.2 Å². The molecule has 1 unspecified atom stereocenters. The van der Waals surface area contributed by atoms with E-state index in [0.29, 0.717) is 11.1 Å². The first-order chi connectivity index (χ1) is 10.2.